The Bertz CT molecular complexity index is 466. The third-order valence-corrected chi connectivity index (χ3v) is 3.87. The summed E-state index contributed by atoms with van der Waals surface area (Å²) in [6.45, 7) is 4.20. The van der Waals surface area contributed by atoms with E-state index in [4.69, 9.17) is 0 Å². The second-order valence-corrected chi connectivity index (χ2v) is 5.51. The first-order chi connectivity index (χ1) is 8.74. The van der Waals surface area contributed by atoms with Crippen LogP contribution in [0, 0.1) is 5.92 Å². The number of aromatic nitrogens is 2. The summed E-state index contributed by atoms with van der Waals surface area (Å²) in [6.07, 6.45) is 7.02. The van der Waals surface area contributed by atoms with E-state index in [1.165, 1.54) is 19.3 Å². The van der Waals surface area contributed by atoms with Gasteiger partial charge in [0.2, 0.25) is 5.95 Å². The molecular formula is C14H19N3O. The molecule has 0 saturated carbocycles. The van der Waals surface area contributed by atoms with Crippen molar-refractivity contribution in [1.82, 2.24) is 9.97 Å². The molecule has 1 atom stereocenters. The summed E-state index contributed by atoms with van der Waals surface area (Å²) in [4.78, 5) is 23.2. The lowest BCUT2D eigenvalue weighted by Gasteiger charge is -2.28. The molecule has 1 saturated heterocycles. The van der Waals surface area contributed by atoms with Crippen molar-refractivity contribution in [3.8, 4) is 0 Å². The molecule has 1 fully saturated rings. The molecule has 2 heterocycles. The van der Waals surface area contributed by atoms with Crippen LogP contribution in [0.3, 0.4) is 0 Å². The van der Waals surface area contributed by atoms with Crippen LogP contribution in [-0.4, -0.2) is 28.8 Å². The Hall–Kier alpha value is -1.45. The summed E-state index contributed by atoms with van der Waals surface area (Å²) < 4.78 is 0. The molecule has 18 heavy (non-hydrogen) atoms. The highest BCUT2D eigenvalue weighted by Gasteiger charge is 2.25. The normalized spacial score (nSPS) is 23.9. The van der Waals surface area contributed by atoms with Crippen molar-refractivity contribution in [2.45, 2.75) is 39.0 Å². The Morgan fingerprint density at radius 2 is 2.00 bits per heavy atom. The predicted molar refractivity (Wildman–Crippen MR) is 69.9 cm³/mol. The minimum Gasteiger partial charge on any atom is -0.341 e. The van der Waals surface area contributed by atoms with Crippen molar-refractivity contribution in [1.29, 1.82) is 0 Å². The van der Waals surface area contributed by atoms with E-state index in [0.717, 1.165) is 36.7 Å². The molecule has 0 bridgehead atoms. The van der Waals surface area contributed by atoms with Gasteiger partial charge in [0.15, 0.2) is 5.78 Å². The third-order valence-electron chi connectivity index (χ3n) is 3.87. The zero-order chi connectivity index (χ0) is 12.5. The number of hydrogen-bond donors (Lipinski definition) is 0. The Labute approximate surface area is 107 Å². The van der Waals surface area contributed by atoms with Crippen molar-refractivity contribution in [2.24, 2.45) is 5.92 Å². The molecule has 1 aromatic rings. The molecule has 0 aromatic carbocycles. The lowest BCUT2D eigenvalue weighted by Crippen LogP contribution is -2.32. The maximum Gasteiger partial charge on any atom is 0.225 e. The number of piperidine rings is 1. The molecule has 1 aliphatic heterocycles. The Morgan fingerprint density at radius 3 is 2.78 bits per heavy atom. The summed E-state index contributed by atoms with van der Waals surface area (Å²) in [5, 5.41) is 0. The number of anilines is 1. The minimum atomic E-state index is 0.203. The zero-order valence-electron chi connectivity index (χ0n) is 10.9. The van der Waals surface area contributed by atoms with E-state index < -0.39 is 0 Å². The number of carbonyl (C=O) groups is 1. The van der Waals surface area contributed by atoms with Crippen LogP contribution in [0.1, 0.15) is 48.7 Å². The van der Waals surface area contributed by atoms with Gasteiger partial charge < -0.3 is 4.90 Å². The first-order valence-corrected chi connectivity index (χ1v) is 6.88. The molecule has 0 amide bonds. The van der Waals surface area contributed by atoms with E-state index in [2.05, 4.69) is 21.8 Å². The van der Waals surface area contributed by atoms with Gasteiger partial charge in [0.1, 0.15) is 0 Å². The SMILES string of the molecule is CC1CC(=O)c2cnc(N3CCCCC3)nc2C1. The molecule has 3 rings (SSSR count). The van der Waals surface area contributed by atoms with Gasteiger partial charge in [0.25, 0.3) is 0 Å². The van der Waals surface area contributed by atoms with Gasteiger partial charge in [-0.25, -0.2) is 9.97 Å². The number of Topliss-reactive ketones (excluding diaryl/α,β-unsaturated/α-hetero) is 1. The van der Waals surface area contributed by atoms with E-state index in [0.29, 0.717) is 12.3 Å². The van der Waals surface area contributed by atoms with Crippen LogP contribution in [-0.2, 0) is 6.42 Å². The van der Waals surface area contributed by atoms with Crippen molar-refractivity contribution in [3.63, 3.8) is 0 Å². The number of hydrogen-bond acceptors (Lipinski definition) is 4. The van der Waals surface area contributed by atoms with Crippen molar-refractivity contribution in [3.05, 3.63) is 17.5 Å². The molecular weight excluding hydrogens is 226 g/mol. The molecule has 4 heteroatoms. The molecule has 0 radical (unpaired) electrons. The monoisotopic (exact) mass is 245 g/mol. The van der Waals surface area contributed by atoms with E-state index in [-0.39, 0.29) is 5.78 Å². The highest BCUT2D eigenvalue weighted by atomic mass is 16.1. The van der Waals surface area contributed by atoms with Gasteiger partial charge in [-0.2, -0.15) is 0 Å². The fraction of sp³-hybridized carbons (Fsp3) is 0.643. The largest absolute Gasteiger partial charge is 0.341 e. The van der Waals surface area contributed by atoms with Gasteiger partial charge in [-0.3, -0.25) is 4.79 Å². The molecule has 2 aliphatic rings. The van der Waals surface area contributed by atoms with Gasteiger partial charge in [-0.1, -0.05) is 6.92 Å². The topological polar surface area (TPSA) is 46.1 Å². The van der Waals surface area contributed by atoms with Crippen molar-refractivity contribution >= 4 is 11.7 Å². The molecule has 0 spiro atoms. The maximum absolute atomic E-state index is 11.9. The predicted octanol–water partition coefficient (Wildman–Crippen LogP) is 2.23. The lowest BCUT2D eigenvalue weighted by atomic mass is 9.88. The number of fused-ring (bicyclic) bond motifs is 1. The van der Waals surface area contributed by atoms with E-state index >= 15 is 0 Å². The van der Waals surface area contributed by atoms with Crippen molar-refractivity contribution < 1.29 is 4.79 Å². The maximum atomic E-state index is 11.9. The first kappa shape index (κ1) is 11.6. The minimum absolute atomic E-state index is 0.203. The van der Waals surface area contributed by atoms with Crippen LogP contribution in [0.15, 0.2) is 6.20 Å². The fourth-order valence-electron chi connectivity index (χ4n) is 2.87. The highest BCUT2D eigenvalue weighted by Crippen LogP contribution is 2.25. The summed E-state index contributed by atoms with van der Waals surface area (Å²) in [5.41, 5.74) is 1.70. The Kier molecular flexibility index (Phi) is 3.02. The molecule has 1 aromatic heterocycles. The van der Waals surface area contributed by atoms with Gasteiger partial charge in [0.05, 0.1) is 11.3 Å². The van der Waals surface area contributed by atoms with Crippen LogP contribution >= 0.6 is 0 Å². The van der Waals surface area contributed by atoms with Crippen molar-refractivity contribution in [2.75, 3.05) is 18.0 Å². The summed E-state index contributed by atoms with van der Waals surface area (Å²) in [5.74, 6) is 1.43. The van der Waals surface area contributed by atoms with Crippen LogP contribution in [0.2, 0.25) is 0 Å². The molecule has 1 unspecified atom stereocenters. The summed E-state index contributed by atoms with van der Waals surface area (Å²) in [6, 6.07) is 0. The quantitative estimate of drug-likeness (QED) is 0.761. The molecule has 0 N–H and O–H groups in total. The third kappa shape index (κ3) is 2.11. The smallest absolute Gasteiger partial charge is 0.225 e. The van der Waals surface area contributed by atoms with Gasteiger partial charge in [-0.05, 0) is 31.6 Å². The summed E-state index contributed by atoms with van der Waals surface area (Å²) >= 11 is 0. The number of ketones is 1. The standard InChI is InChI=1S/C14H19N3O/c1-10-7-12-11(13(18)8-10)9-15-14(16-12)17-5-3-2-4-6-17/h9-10H,2-8H2,1H3. The van der Waals surface area contributed by atoms with E-state index in [1.54, 1.807) is 6.20 Å². The zero-order valence-corrected chi connectivity index (χ0v) is 10.9. The van der Waals surface area contributed by atoms with Gasteiger partial charge >= 0.3 is 0 Å². The highest BCUT2D eigenvalue weighted by molar-refractivity contribution is 5.98. The van der Waals surface area contributed by atoms with Gasteiger partial charge in [0, 0.05) is 25.7 Å². The molecule has 96 valence electrons. The lowest BCUT2D eigenvalue weighted by molar-refractivity contribution is 0.0951. The number of carbonyl (C=O) groups excluding carboxylic acids is 1. The average Bonchev–Trinajstić information content (AvgIpc) is 2.39. The number of rotatable bonds is 1. The van der Waals surface area contributed by atoms with Crippen LogP contribution < -0.4 is 4.90 Å². The van der Waals surface area contributed by atoms with E-state index in [1.807, 2.05) is 0 Å². The van der Waals surface area contributed by atoms with Crippen LogP contribution in [0.4, 0.5) is 5.95 Å². The molecule has 4 nitrogen and oxygen atoms in total. The van der Waals surface area contributed by atoms with Gasteiger partial charge in [-0.15, -0.1) is 0 Å². The molecule has 1 aliphatic carbocycles. The van der Waals surface area contributed by atoms with Crippen LogP contribution in [0.25, 0.3) is 0 Å². The van der Waals surface area contributed by atoms with E-state index in [9.17, 15) is 4.79 Å². The first-order valence-electron chi connectivity index (χ1n) is 6.88. The average molecular weight is 245 g/mol. The summed E-state index contributed by atoms with van der Waals surface area (Å²) in [7, 11) is 0. The Balaban J connectivity index is 1.90. The van der Waals surface area contributed by atoms with Crippen LogP contribution in [0.5, 0.6) is 0 Å². The Morgan fingerprint density at radius 1 is 1.22 bits per heavy atom. The number of nitrogens with zero attached hydrogens (tertiary/aromatic N) is 3. The fourth-order valence-corrected chi connectivity index (χ4v) is 2.87. The second kappa shape index (κ2) is 4.67. The second-order valence-electron chi connectivity index (χ2n) is 5.51.